The molecule has 0 radical (unpaired) electrons. The van der Waals surface area contributed by atoms with Gasteiger partial charge in [-0.1, -0.05) is 35.5 Å². The van der Waals surface area contributed by atoms with Crippen LogP contribution in [0.1, 0.15) is 23.5 Å². The number of para-hydroxylation sites is 1. The molecular weight excluding hydrogens is 412 g/mol. The molecule has 3 heterocycles. The molecule has 0 fully saturated rings. The van der Waals surface area contributed by atoms with Gasteiger partial charge in [-0.05, 0) is 29.8 Å². The molecule has 5 rings (SSSR count). The fourth-order valence-corrected chi connectivity index (χ4v) is 4.68. The van der Waals surface area contributed by atoms with Crippen LogP contribution in [0.5, 0.6) is 11.5 Å². The molecule has 8 heteroatoms. The van der Waals surface area contributed by atoms with Gasteiger partial charge in [0.2, 0.25) is 11.0 Å². The van der Waals surface area contributed by atoms with Gasteiger partial charge in [0.1, 0.15) is 12.4 Å². The topological polar surface area (TPSA) is 78.3 Å². The first kappa shape index (κ1) is 19.2. The highest BCUT2D eigenvalue weighted by molar-refractivity contribution is 7.20. The smallest absolute Gasteiger partial charge is 0.226 e. The number of fused-ring (bicyclic) bond motifs is 2. The van der Waals surface area contributed by atoms with Crippen LogP contribution in [0.4, 0.5) is 5.82 Å². The van der Waals surface area contributed by atoms with Crippen molar-refractivity contribution in [1.82, 2.24) is 14.8 Å². The second-order valence-electron chi connectivity index (χ2n) is 7.03. The van der Waals surface area contributed by atoms with Crippen molar-refractivity contribution >= 4 is 33.3 Å². The van der Waals surface area contributed by atoms with E-state index in [4.69, 9.17) is 15.9 Å². The van der Waals surface area contributed by atoms with Crippen LogP contribution in [0.15, 0.2) is 48.7 Å². The number of anilines is 1. The molecule has 2 aromatic heterocycles. The third-order valence-electron chi connectivity index (χ3n) is 5.19. The van der Waals surface area contributed by atoms with Crippen LogP contribution in [0.2, 0.25) is 0 Å². The molecular formula is C23H18N4O3S. The Morgan fingerprint density at radius 3 is 2.97 bits per heavy atom. The maximum atomic E-state index is 12.6. The number of rotatable bonds is 5. The molecule has 1 atom stereocenters. The molecule has 0 unspecified atom stereocenters. The highest BCUT2D eigenvalue weighted by Crippen LogP contribution is 2.41. The van der Waals surface area contributed by atoms with Crippen molar-refractivity contribution in [2.75, 3.05) is 19.0 Å². The minimum Gasteiger partial charge on any atom is -0.493 e. The van der Waals surface area contributed by atoms with Crippen molar-refractivity contribution in [1.29, 1.82) is 0 Å². The Kier molecular flexibility index (Phi) is 4.81. The lowest BCUT2D eigenvalue weighted by Crippen LogP contribution is -2.24. The summed E-state index contributed by atoms with van der Waals surface area (Å²) >= 11 is 1.53. The Morgan fingerprint density at radius 2 is 2.16 bits per heavy atom. The van der Waals surface area contributed by atoms with Gasteiger partial charge in [0, 0.05) is 17.9 Å². The van der Waals surface area contributed by atoms with Crippen molar-refractivity contribution in [3.63, 3.8) is 0 Å². The number of terminal acetylenes is 1. The summed E-state index contributed by atoms with van der Waals surface area (Å²) in [5.41, 5.74) is 2.76. The van der Waals surface area contributed by atoms with Crippen LogP contribution < -0.4 is 14.8 Å². The van der Waals surface area contributed by atoms with E-state index in [9.17, 15) is 4.79 Å². The molecule has 31 heavy (non-hydrogen) atoms. The normalized spacial score (nSPS) is 15.2. The summed E-state index contributed by atoms with van der Waals surface area (Å²) < 4.78 is 13.8. The molecule has 7 nitrogen and oxygen atoms in total. The zero-order chi connectivity index (χ0) is 21.4. The van der Waals surface area contributed by atoms with E-state index in [1.165, 1.54) is 11.3 Å². The van der Waals surface area contributed by atoms with E-state index < -0.39 is 0 Å². The van der Waals surface area contributed by atoms with E-state index in [2.05, 4.69) is 21.3 Å². The number of aromatic nitrogens is 3. The molecule has 4 aromatic rings. The second kappa shape index (κ2) is 7.78. The average molecular weight is 430 g/mol. The summed E-state index contributed by atoms with van der Waals surface area (Å²) in [4.78, 5) is 17.2. The summed E-state index contributed by atoms with van der Waals surface area (Å²) in [6.45, 7) is 0.153. The number of hydrogen-bond acceptors (Lipinski definition) is 6. The number of methoxy groups -OCH3 is 1. The van der Waals surface area contributed by atoms with Crippen LogP contribution in [0, 0.1) is 12.3 Å². The van der Waals surface area contributed by atoms with Crippen molar-refractivity contribution in [2.45, 2.75) is 12.3 Å². The first-order valence-electron chi connectivity index (χ1n) is 9.66. The number of ether oxygens (including phenoxy) is 2. The minimum absolute atomic E-state index is 0.0769. The van der Waals surface area contributed by atoms with Crippen molar-refractivity contribution in [3.8, 4) is 29.0 Å². The Bertz CT molecular complexity index is 1300. The Labute approximate surface area is 182 Å². The first-order chi connectivity index (χ1) is 15.2. The van der Waals surface area contributed by atoms with Gasteiger partial charge in [-0.15, -0.1) is 6.42 Å². The number of thiazole rings is 1. The standard InChI is InChI=1S/C23H18N4O3S/c1-3-10-30-18-9-8-14(11-19(18)29-2)15-12-21(28)26-22-16(15)13-24-27(22)23-25-17-6-4-5-7-20(17)31-23/h1,4-9,11,13,15H,10,12H2,2H3,(H,26,28)/t15-/m0/s1. The number of hydrogen-bond donors (Lipinski definition) is 1. The third kappa shape index (κ3) is 3.39. The molecule has 0 saturated heterocycles. The molecule has 154 valence electrons. The van der Waals surface area contributed by atoms with Crippen LogP contribution in [0.25, 0.3) is 15.3 Å². The van der Waals surface area contributed by atoms with E-state index in [0.717, 1.165) is 21.3 Å². The van der Waals surface area contributed by atoms with Crippen LogP contribution >= 0.6 is 11.3 Å². The van der Waals surface area contributed by atoms with E-state index in [-0.39, 0.29) is 18.4 Å². The monoisotopic (exact) mass is 430 g/mol. The van der Waals surface area contributed by atoms with Crippen LogP contribution in [-0.2, 0) is 4.79 Å². The zero-order valence-corrected chi connectivity index (χ0v) is 17.5. The van der Waals surface area contributed by atoms with Crippen LogP contribution in [0.3, 0.4) is 0 Å². The maximum absolute atomic E-state index is 12.6. The Balaban J connectivity index is 1.55. The summed E-state index contributed by atoms with van der Waals surface area (Å²) in [6.07, 6.45) is 7.39. The molecule has 0 aliphatic carbocycles. The summed E-state index contributed by atoms with van der Waals surface area (Å²) in [5.74, 6) is 3.98. The van der Waals surface area contributed by atoms with Gasteiger partial charge in [-0.2, -0.15) is 9.78 Å². The van der Waals surface area contributed by atoms with E-state index in [0.29, 0.717) is 28.9 Å². The molecule has 0 spiro atoms. The molecule has 1 amide bonds. The largest absolute Gasteiger partial charge is 0.493 e. The van der Waals surface area contributed by atoms with Gasteiger partial charge in [0.05, 0.1) is 23.5 Å². The van der Waals surface area contributed by atoms with E-state index in [1.54, 1.807) is 18.0 Å². The molecule has 1 aliphatic rings. The van der Waals surface area contributed by atoms with E-state index in [1.807, 2.05) is 42.5 Å². The number of amides is 1. The highest BCUT2D eigenvalue weighted by atomic mass is 32.1. The zero-order valence-electron chi connectivity index (χ0n) is 16.7. The second-order valence-corrected chi connectivity index (χ2v) is 8.04. The quantitative estimate of drug-likeness (QED) is 0.485. The Hall–Kier alpha value is -3.83. The summed E-state index contributed by atoms with van der Waals surface area (Å²) in [5, 5.41) is 8.22. The average Bonchev–Trinajstić information content (AvgIpc) is 3.40. The number of nitrogens with one attached hydrogen (secondary N) is 1. The van der Waals surface area contributed by atoms with Crippen molar-refractivity contribution < 1.29 is 14.3 Å². The predicted molar refractivity (Wildman–Crippen MR) is 119 cm³/mol. The van der Waals surface area contributed by atoms with Crippen molar-refractivity contribution in [2.24, 2.45) is 0 Å². The highest BCUT2D eigenvalue weighted by Gasteiger charge is 2.31. The number of carbonyl (C=O) groups is 1. The van der Waals surface area contributed by atoms with Gasteiger partial charge in [-0.3, -0.25) is 4.79 Å². The molecule has 2 aromatic carbocycles. The fraction of sp³-hybridized carbons (Fsp3) is 0.174. The van der Waals surface area contributed by atoms with Crippen LogP contribution in [-0.4, -0.2) is 34.4 Å². The maximum Gasteiger partial charge on any atom is 0.226 e. The Morgan fingerprint density at radius 1 is 1.29 bits per heavy atom. The minimum atomic E-state index is -0.164. The summed E-state index contributed by atoms with van der Waals surface area (Å²) in [7, 11) is 1.58. The lowest BCUT2D eigenvalue weighted by molar-refractivity contribution is -0.116. The molecule has 1 aliphatic heterocycles. The number of carbonyl (C=O) groups excluding carboxylic acids is 1. The summed E-state index contributed by atoms with van der Waals surface area (Å²) in [6, 6.07) is 13.5. The van der Waals surface area contributed by atoms with E-state index >= 15 is 0 Å². The third-order valence-corrected chi connectivity index (χ3v) is 6.20. The lowest BCUT2D eigenvalue weighted by Gasteiger charge is -2.24. The SMILES string of the molecule is C#CCOc1ccc([C@@H]2CC(=O)Nc3c2cnn3-c2nc3ccccc3s2)cc1OC. The lowest BCUT2D eigenvalue weighted by atomic mass is 9.87. The van der Waals surface area contributed by atoms with Gasteiger partial charge < -0.3 is 14.8 Å². The predicted octanol–water partition coefficient (Wildman–Crippen LogP) is 3.98. The first-order valence-corrected chi connectivity index (χ1v) is 10.5. The fourth-order valence-electron chi connectivity index (χ4n) is 3.75. The van der Waals surface area contributed by atoms with Gasteiger partial charge >= 0.3 is 0 Å². The number of nitrogens with zero attached hydrogens (tertiary/aromatic N) is 3. The van der Waals surface area contributed by atoms with Gasteiger partial charge in [0.25, 0.3) is 0 Å². The molecule has 0 saturated carbocycles. The van der Waals surface area contributed by atoms with Crippen molar-refractivity contribution in [3.05, 3.63) is 59.8 Å². The van der Waals surface area contributed by atoms with Gasteiger partial charge in [-0.25, -0.2) is 4.98 Å². The van der Waals surface area contributed by atoms with Gasteiger partial charge in [0.15, 0.2) is 11.5 Å². The molecule has 0 bridgehead atoms. The number of benzene rings is 2. The molecule has 1 N–H and O–H groups in total.